The van der Waals surface area contributed by atoms with Crippen molar-refractivity contribution in [2.45, 2.75) is 13.3 Å². The quantitative estimate of drug-likeness (QED) is 0.614. The van der Waals surface area contributed by atoms with E-state index in [2.05, 4.69) is 5.32 Å². The molecule has 0 bridgehead atoms. The molecule has 0 unspecified atom stereocenters. The van der Waals surface area contributed by atoms with Crippen LogP contribution >= 0.6 is 22.7 Å². The Morgan fingerprint density at radius 2 is 2.04 bits per heavy atom. The number of thiazole rings is 1. The van der Waals surface area contributed by atoms with Crippen LogP contribution in [0, 0.1) is 0 Å². The van der Waals surface area contributed by atoms with Gasteiger partial charge in [-0.2, -0.15) is 0 Å². The normalized spacial score (nSPS) is 11.5. The summed E-state index contributed by atoms with van der Waals surface area (Å²) in [4.78, 5) is 27.0. The lowest BCUT2D eigenvalue weighted by Gasteiger charge is -2.06. The Kier molecular flexibility index (Phi) is 3.43. The summed E-state index contributed by atoms with van der Waals surface area (Å²) in [6.07, 6.45) is 0.837. The number of para-hydroxylation sites is 1. The fourth-order valence-electron chi connectivity index (χ4n) is 2.76. The zero-order valence-electron chi connectivity index (χ0n) is 12.5. The molecular weight excluding hydrogens is 328 g/mol. The lowest BCUT2D eigenvalue weighted by atomic mass is 10.2. The van der Waals surface area contributed by atoms with Gasteiger partial charge >= 0.3 is 0 Å². The second kappa shape index (κ2) is 5.47. The Labute approximate surface area is 140 Å². The monoisotopic (exact) mass is 342 g/mol. The predicted octanol–water partition coefficient (Wildman–Crippen LogP) is 3.87. The van der Waals surface area contributed by atoms with Crippen molar-refractivity contribution in [3.8, 4) is 0 Å². The van der Waals surface area contributed by atoms with Crippen LogP contribution in [0.5, 0.6) is 0 Å². The molecule has 23 heavy (non-hydrogen) atoms. The molecule has 0 saturated heterocycles. The topological polar surface area (TPSA) is 50.6 Å². The first-order valence-electron chi connectivity index (χ1n) is 7.44. The fraction of sp³-hybridized carbons (Fsp3) is 0.176. The largest absolute Gasteiger partial charge is 0.352 e. The molecule has 4 aromatic rings. The van der Waals surface area contributed by atoms with Gasteiger partial charge in [-0.05, 0) is 30.0 Å². The number of fused-ring (bicyclic) bond motifs is 5. The zero-order chi connectivity index (χ0) is 16.0. The van der Waals surface area contributed by atoms with Gasteiger partial charge in [0.2, 0.25) is 5.43 Å². The second-order valence-electron chi connectivity index (χ2n) is 5.31. The van der Waals surface area contributed by atoms with Crippen molar-refractivity contribution >= 4 is 53.8 Å². The number of nitrogens with zero attached hydrogens (tertiary/aromatic N) is 1. The first-order valence-corrected chi connectivity index (χ1v) is 9.13. The number of hydrogen-bond acceptors (Lipinski definition) is 4. The molecule has 3 aromatic heterocycles. The van der Waals surface area contributed by atoms with E-state index >= 15 is 0 Å². The van der Waals surface area contributed by atoms with Crippen LogP contribution in [-0.2, 0) is 0 Å². The molecule has 1 amide bonds. The van der Waals surface area contributed by atoms with Crippen LogP contribution in [0.15, 0.2) is 40.5 Å². The van der Waals surface area contributed by atoms with Crippen molar-refractivity contribution in [2.75, 3.05) is 6.54 Å². The van der Waals surface area contributed by atoms with E-state index in [1.807, 2.05) is 41.0 Å². The number of carbonyl (C=O) groups excluding carboxylic acids is 1. The third-order valence-corrected chi connectivity index (χ3v) is 5.86. The Bertz CT molecular complexity index is 1100. The van der Waals surface area contributed by atoms with Crippen molar-refractivity contribution in [1.29, 1.82) is 0 Å². The first kappa shape index (κ1) is 14.4. The van der Waals surface area contributed by atoms with E-state index in [1.54, 1.807) is 6.07 Å². The molecule has 0 radical (unpaired) electrons. The van der Waals surface area contributed by atoms with E-state index in [-0.39, 0.29) is 16.9 Å². The Balaban J connectivity index is 2.17. The Morgan fingerprint density at radius 3 is 2.87 bits per heavy atom. The van der Waals surface area contributed by atoms with Gasteiger partial charge in [-0.15, -0.1) is 22.7 Å². The van der Waals surface area contributed by atoms with Crippen molar-refractivity contribution < 1.29 is 4.79 Å². The molecule has 4 rings (SSSR count). The van der Waals surface area contributed by atoms with E-state index < -0.39 is 0 Å². The maximum atomic E-state index is 12.8. The lowest BCUT2D eigenvalue weighted by Crippen LogP contribution is -2.29. The minimum atomic E-state index is -0.283. The number of carbonyl (C=O) groups is 1. The van der Waals surface area contributed by atoms with Gasteiger partial charge in [0, 0.05) is 6.54 Å². The van der Waals surface area contributed by atoms with Crippen LogP contribution in [0.25, 0.3) is 25.3 Å². The number of thiophene rings is 1. The molecule has 3 heterocycles. The minimum Gasteiger partial charge on any atom is -0.352 e. The average molecular weight is 342 g/mol. The molecule has 6 heteroatoms. The molecule has 116 valence electrons. The number of hydrogen-bond donors (Lipinski definition) is 1. The molecule has 1 N–H and O–H groups in total. The number of aromatic nitrogens is 1. The van der Waals surface area contributed by atoms with Crippen LogP contribution < -0.4 is 10.7 Å². The molecule has 0 aliphatic heterocycles. The standard InChI is InChI=1S/C17H14N2O2S2/c1-2-8-18-15(21)13-14(20)10-7-9-22-16(10)19-11-5-3-4-6-12(11)23-17(13)19/h3-7,9H,2,8H2,1H3,(H,18,21). The molecule has 4 nitrogen and oxygen atoms in total. The first-order chi connectivity index (χ1) is 11.2. The molecule has 0 fully saturated rings. The number of nitrogens with one attached hydrogen (secondary N) is 1. The van der Waals surface area contributed by atoms with E-state index in [0.29, 0.717) is 11.9 Å². The van der Waals surface area contributed by atoms with Gasteiger partial charge < -0.3 is 5.32 Å². The number of benzene rings is 1. The summed E-state index contributed by atoms with van der Waals surface area (Å²) in [6.45, 7) is 2.56. The smallest absolute Gasteiger partial charge is 0.258 e. The third kappa shape index (κ3) is 2.09. The van der Waals surface area contributed by atoms with Gasteiger partial charge in [-0.1, -0.05) is 19.1 Å². The summed E-state index contributed by atoms with van der Waals surface area (Å²) in [5.74, 6) is -0.283. The minimum absolute atomic E-state index is 0.179. The van der Waals surface area contributed by atoms with E-state index in [4.69, 9.17) is 0 Å². The summed E-state index contributed by atoms with van der Waals surface area (Å²) in [5, 5.41) is 5.35. The zero-order valence-corrected chi connectivity index (χ0v) is 14.1. The van der Waals surface area contributed by atoms with Gasteiger partial charge in [0.25, 0.3) is 5.91 Å². The summed E-state index contributed by atoms with van der Waals surface area (Å²) >= 11 is 3.02. The number of rotatable bonds is 3. The summed E-state index contributed by atoms with van der Waals surface area (Å²) < 4.78 is 3.11. The maximum Gasteiger partial charge on any atom is 0.258 e. The fourth-order valence-corrected chi connectivity index (χ4v) is 4.92. The molecule has 0 spiro atoms. The highest BCUT2D eigenvalue weighted by molar-refractivity contribution is 7.24. The van der Waals surface area contributed by atoms with Crippen molar-refractivity contribution in [1.82, 2.24) is 9.72 Å². The van der Waals surface area contributed by atoms with E-state index in [9.17, 15) is 9.59 Å². The highest BCUT2D eigenvalue weighted by Gasteiger charge is 2.21. The van der Waals surface area contributed by atoms with Crippen LogP contribution in [0.4, 0.5) is 0 Å². The molecule has 0 atom stereocenters. The Morgan fingerprint density at radius 1 is 1.22 bits per heavy atom. The highest BCUT2D eigenvalue weighted by Crippen LogP contribution is 2.32. The summed E-state index contributed by atoms with van der Waals surface area (Å²) in [6, 6.07) is 9.79. The van der Waals surface area contributed by atoms with Gasteiger partial charge in [0.1, 0.15) is 15.2 Å². The van der Waals surface area contributed by atoms with Gasteiger partial charge in [0.05, 0.1) is 15.6 Å². The molecular formula is C17H14N2O2S2. The van der Waals surface area contributed by atoms with Crippen LogP contribution in [0.2, 0.25) is 0 Å². The van der Waals surface area contributed by atoms with Crippen LogP contribution in [0.3, 0.4) is 0 Å². The predicted molar refractivity (Wildman–Crippen MR) is 97.1 cm³/mol. The van der Waals surface area contributed by atoms with Crippen molar-refractivity contribution in [3.05, 3.63) is 51.5 Å². The second-order valence-corrected chi connectivity index (χ2v) is 7.24. The lowest BCUT2D eigenvalue weighted by molar-refractivity contribution is 0.0954. The summed E-state index contributed by atoms with van der Waals surface area (Å²) in [5.41, 5.74) is 1.11. The van der Waals surface area contributed by atoms with Gasteiger partial charge in [0.15, 0.2) is 0 Å². The number of amides is 1. The highest BCUT2D eigenvalue weighted by atomic mass is 32.1. The van der Waals surface area contributed by atoms with Crippen LogP contribution in [-0.4, -0.2) is 16.9 Å². The number of pyridine rings is 1. The molecule has 0 aliphatic rings. The molecule has 1 aromatic carbocycles. The Hall–Kier alpha value is -2.18. The van der Waals surface area contributed by atoms with E-state index in [1.165, 1.54) is 22.7 Å². The summed E-state index contributed by atoms with van der Waals surface area (Å²) in [7, 11) is 0. The molecule has 0 aliphatic carbocycles. The van der Waals surface area contributed by atoms with Crippen LogP contribution in [0.1, 0.15) is 23.7 Å². The SMILES string of the molecule is CCCNC(=O)c1c(=O)c2ccsc2n2c1sc1ccccc12. The van der Waals surface area contributed by atoms with E-state index in [0.717, 1.165) is 26.3 Å². The third-order valence-electron chi connectivity index (χ3n) is 3.81. The van der Waals surface area contributed by atoms with Gasteiger partial charge in [-0.3, -0.25) is 14.0 Å². The maximum absolute atomic E-state index is 12.8. The van der Waals surface area contributed by atoms with Crippen molar-refractivity contribution in [3.63, 3.8) is 0 Å². The molecule has 0 saturated carbocycles. The van der Waals surface area contributed by atoms with Gasteiger partial charge in [-0.25, -0.2) is 0 Å². The van der Waals surface area contributed by atoms with Crippen molar-refractivity contribution in [2.24, 2.45) is 0 Å². The average Bonchev–Trinajstić information content (AvgIpc) is 3.16.